The van der Waals surface area contributed by atoms with Crippen molar-refractivity contribution in [3.63, 3.8) is 0 Å². The molecule has 0 radical (unpaired) electrons. The summed E-state index contributed by atoms with van der Waals surface area (Å²) in [5.74, 6) is 0.486. The van der Waals surface area contributed by atoms with Crippen LogP contribution in [0.2, 0.25) is 0 Å². The molecule has 0 aliphatic carbocycles. The van der Waals surface area contributed by atoms with E-state index in [2.05, 4.69) is 11.4 Å². The first kappa shape index (κ1) is 20.2. The van der Waals surface area contributed by atoms with Crippen LogP contribution in [0.4, 0.5) is 5.69 Å². The molecule has 1 atom stereocenters. The van der Waals surface area contributed by atoms with Gasteiger partial charge in [-0.2, -0.15) is 0 Å². The van der Waals surface area contributed by atoms with Crippen LogP contribution in [0.3, 0.4) is 0 Å². The van der Waals surface area contributed by atoms with Crippen molar-refractivity contribution in [2.24, 2.45) is 0 Å². The van der Waals surface area contributed by atoms with Crippen LogP contribution in [0.15, 0.2) is 72.8 Å². The summed E-state index contributed by atoms with van der Waals surface area (Å²) in [6, 6.07) is 23.6. The van der Waals surface area contributed by atoms with Gasteiger partial charge in [0.1, 0.15) is 5.37 Å². The van der Waals surface area contributed by atoms with E-state index in [1.54, 1.807) is 11.8 Å². The highest BCUT2D eigenvalue weighted by molar-refractivity contribution is 8.00. The lowest BCUT2D eigenvalue weighted by molar-refractivity contribution is -0.128. The molecule has 1 fully saturated rings. The number of anilines is 1. The molecule has 2 amide bonds. The fraction of sp³-hybridized carbons (Fsp3) is 0.200. The average molecular weight is 417 g/mol. The Morgan fingerprint density at radius 3 is 2.33 bits per heavy atom. The molecule has 0 spiro atoms. The van der Waals surface area contributed by atoms with E-state index in [1.807, 2.05) is 85.5 Å². The molecule has 3 aromatic rings. The van der Waals surface area contributed by atoms with Gasteiger partial charge in [-0.05, 0) is 60.4 Å². The summed E-state index contributed by atoms with van der Waals surface area (Å²) in [4.78, 5) is 27.0. The molecular formula is C25H24N2O2S. The maximum atomic E-state index is 12.6. The number of carbonyl (C=O) groups excluding carboxylic acids is 2. The predicted octanol–water partition coefficient (Wildman–Crippen LogP) is 5.33. The first-order valence-electron chi connectivity index (χ1n) is 9.94. The van der Waals surface area contributed by atoms with Gasteiger partial charge >= 0.3 is 0 Å². The van der Waals surface area contributed by atoms with Crippen molar-refractivity contribution < 1.29 is 9.59 Å². The number of hydrogen-bond donors (Lipinski definition) is 1. The number of rotatable bonds is 5. The lowest BCUT2D eigenvalue weighted by atomic mass is 10.1. The summed E-state index contributed by atoms with van der Waals surface area (Å²) in [5, 5.41) is 2.94. The quantitative estimate of drug-likeness (QED) is 0.612. The Bertz CT molecular complexity index is 1040. The van der Waals surface area contributed by atoms with Crippen molar-refractivity contribution in [1.82, 2.24) is 4.90 Å². The Balaban J connectivity index is 1.48. The number of amides is 2. The summed E-state index contributed by atoms with van der Waals surface area (Å²) < 4.78 is 0. The zero-order valence-electron chi connectivity index (χ0n) is 17.1. The second-order valence-corrected chi connectivity index (χ2v) is 8.69. The summed E-state index contributed by atoms with van der Waals surface area (Å²) in [6.07, 6.45) is 0. The van der Waals surface area contributed by atoms with Gasteiger partial charge in [0.05, 0.1) is 5.75 Å². The maximum absolute atomic E-state index is 12.6. The zero-order valence-corrected chi connectivity index (χ0v) is 17.9. The van der Waals surface area contributed by atoms with Crippen LogP contribution in [0.5, 0.6) is 0 Å². The Kier molecular flexibility index (Phi) is 5.91. The fourth-order valence-corrected chi connectivity index (χ4v) is 4.92. The van der Waals surface area contributed by atoms with Gasteiger partial charge in [-0.15, -0.1) is 11.8 Å². The highest BCUT2D eigenvalue weighted by atomic mass is 32.2. The molecule has 30 heavy (non-hydrogen) atoms. The van der Waals surface area contributed by atoms with Crippen molar-refractivity contribution in [3.8, 4) is 0 Å². The van der Waals surface area contributed by atoms with E-state index in [-0.39, 0.29) is 17.2 Å². The molecule has 1 aliphatic heterocycles. The molecule has 0 saturated carbocycles. The number of benzene rings is 3. The van der Waals surface area contributed by atoms with Gasteiger partial charge in [0.2, 0.25) is 5.91 Å². The standard InChI is InChI=1S/C25H24N2O2S/c1-17-12-18(2)14-22(13-17)26-24(29)20-8-10-21(11-9-20)25-27(23(28)16-30-25)15-19-6-4-3-5-7-19/h3-14,25H,15-16H2,1-2H3,(H,26,29)/t25-/m0/s1. The monoisotopic (exact) mass is 416 g/mol. The predicted molar refractivity (Wildman–Crippen MR) is 123 cm³/mol. The third-order valence-corrected chi connectivity index (χ3v) is 6.36. The van der Waals surface area contributed by atoms with Crippen LogP contribution in [0.1, 0.15) is 38.0 Å². The summed E-state index contributed by atoms with van der Waals surface area (Å²) in [6.45, 7) is 4.62. The van der Waals surface area contributed by atoms with Gasteiger partial charge < -0.3 is 10.2 Å². The van der Waals surface area contributed by atoms with Crippen LogP contribution in [-0.2, 0) is 11.3 Å². The van der Waals surface area contributed by atoms with E-state index < -0.39 is 0 Å². The van der Waals surface area contributed by atoms with Crippen LogP contribution < -0.4 is 5.32 Å². The number of aryl methyl sites for hydroxylation is 2. The Hall–Kier alpha value is -3.05. The Morgan fingerprint density at radius 2 is 1.67 bits per heavy atom. The Labute approximate surface area is 181 Å². The summed E-state index contributed by atoms with van der Waals surface area (Å²) in [7, 11) is 0. The van der Waals surface area contributed by atoms with Crippen molar-refractivity contribution in [3.05, 3.63) is 101 Å². The third-order valence-electron chi connectivity index (χ3n) is 5.10. The molecule has 1 saturated heterocycles. The zero-order chi connectivity index (χ0) is 21.1. The van der Waals surface area contributed by atoms with Crippen molar-refractivity contribution >= 4 is 29.3 Å². The largest absolute Gasteiger partial charge is 0.322 e. The number of hydrogen-bond acceptors (Lipinski definition) is 3. The molecule has 1 aliphatic rings. The maximum Gasteiger partial charge on any atom is 0.255 e. The van der Waals surface area contributed by atoms with Crippen LogP contribution in [0, 0.1) is 13.8 Å². The lowest BCUT2D eigenvalue weighted by Crippen LogP contribution is -2.27. The molecule has 0 aromatic heterocycles. The average Bonchev–Trinajstić information content (AvgIpc) is 3.08. The van der Waals surface area contributed by atoms with Gasteiger partial charge in [-0.1, -0.05) is 48.5 Å². The molecular weight excluding hydrogens is 392 g/mol. The number of nitrogens with one attached hydrogen (secondary N) is 1. The minimum Gasteiger partial charge on any atom is -0.322 e. The van der Waals surface area contributed by atoms with E-state index in [1.165, 1.54) is 0 Å². The number of thioether (sulfide) groups is 1. The lowest BCUT2D eigenvalue weighted by Gasteiger charge is -2.24. The molecule has 1 N–H and O–H groups in total. The minimum atomic E-state index is -0.136. The second kappa shape index (κ2) is 8.76. The van der Waals surface area contributed by atoms with E-state index >= 15 is 0 Å². The SMILES string of the molecule is Cc1cc(C)cc(NC(=O)c2ccc([C@@H]3SCC(=O)N3Cc3ccccc3)cc2)c1. The van der Waals surface area contributed by atoms with Crippen LogP contribution in [-0.4, -0.2) is 22.5 Å². The smallest absolute Gasteiger partial charge is 0.255 e. The van der Waals surface area contributed by atoms with Gasteiger partial charge in [-0.3, -0.25) is 9.59 Å². The molecule has 0 unspecified atom stereocenters. The molecule has 3 aromatic carbocycles. The third kappa shape index (κ3) is 4.57. The molecule has 1 heterocycles. The van der Waals surface area contributed by atoms with Gasteiger partial charge in [0.15, 0.2) is 0 Å². The summed E-state index contributed by atoms with van der Waals surface area (Å²) in [5.41, 5.74) is 5.77. The summed E-state index contributed by atoms with van der Waals surface area (Å²) >= 11 is 1.63. The number of nitrogens with zero attached hydrogens (tertiary/aromatic N) is 1. The van der Waals surface area contributed by atoms with Gasteiger partial charge in [0, 0.05) is 17.8 Å². The number of carbonyl (C=O) groups is 2. The van der Waals surface area contributed by atoms with Crippen molar-refractivity contribution in [2.45, 2.75) is 25.8 Å². The second-order valence-electron chi connectivity index (χ2n) is 7.62. The van der Waals surface area contributed by atoms with Crippen LogP contribution in [0.25, 0.3) is 0 Å². The van der Waals surface area contributed by atoms with Gasteiger partial charge in [-0.25, -0.2) is 0 Å². The van der Waals surface area contributed by atoms with E-state index in [9.17, 15) is 9.59 Å². The van der Waals surface area contributed by atoms with E-state index in [0.717, 1.165) is 27.9 Å². The van der Waals surface area contributed by atoms with E-state index in [0.29, 0.717) is 17.9 Å². The molecule has 4 rings (SSSR count). The minimum absolute atomic E-state index is 0.0331. The first-order chi connectivity index (χ1) is 14.5. The molecule has 4 nitrogen and oxygen atoms in total. The highest BCUT2D eigenvalue weighted by Gasteiger charge is 2.32. The topological polar surface area (TPSA) is 49.4 Å². The van der Waals surface area contributed by atoms with Crippen molar-refractivity contribution in [2.75, 3.05) is 11.1 Å². The molecule has 0 bridgehead atoms. The highest BCUT2D eigenvalue weighted by Crippen LogP contribution is 2.39. The van der Waals surface area contributed by atoms with Crippen LogP contribution >= 0.6 is 11.8 Å². The van der Waals surface area contributed by atoms with E-state index in [4.69, 9.17) is 0 Å². The normalized spacial score (nSPS) is 16.0. The first-order valence-corrected chi connectivity index (χ1v) is 11.0. The van der Waals surface area contributed by atoms with Crippen molar-refractivity contribution in [1.29, 1.82) is 0 Å². The van der Waals surface area contributed by atoms with Gasteiger partial charge in [0.25, 0.3) is 5.91 Å². The molecule has 152 valence electrons. The fourth-order valence-electron chi connectivity index (χ4n) is 3.73. The molecule has 5 heteroatoms. The Morgan fingerprint density at radius 1 is 1.00 bits per heavy atom.